The first-order valence-electron chi connectivity index (χ1n) is 8.53. The molecule has 1 aromatic rings. The molecule has 2 unspecified atom stereocenters. The predicted molar refractivity (Wildman–Crippen MR) is 94.4 cm³/mol. The van der Waals surface area contributed by atoms with Gasteiger partial charge < -0.3 is 9.64 Å². The number of rotatable bonds is 8. The standard InChI is InChI=1S/C19H30N2O/c1-6-8-16-11-17(16)12-22-19-10-14(3)18(9-15(19)4)20-13-21(5)7-2/h9-10,13,16-17H,6-8,11-12H2,1-5H3/b20-13+. The van der Waals surface area contributed by atoms with E-state index in [9.17, 15) is 0 Å². The zero-order valence-corrected chi connectivity index (χ0v) is 14.7. The van der Waals surface area contributed by atoms with Gasteiger partial charge in [-0.15, -0.1) is 0 Å². The Bertz CT molecular complexity index is 524. The van der Waals surface area contributed by atoms with Gasteiger partial charge in [0.05, 0.1) is 18.6 Å². The monoisotopic (exact) mass is 302 g/mol. The highest BCUT2D eigenvalue weighted by molar-refractivity contribution is 5.64. The third-order valence-corrected chi connectivity index (χ3v) is 4.57. The summed E-state index contributed by atoms with van der Waals surface area (Å²) in [6, 6.07) is 4.26. The van der Waals surface area contributed by atoms with Crippen LogP contribution in [0.5, 0.6) is 5.75 Å². The Kier molecular flexibility index (Phi) is 5.87. The Morgan fingerprint density at radius 2 is 2.00 bits per heavy atom. The molecule has 1 aliphatic carbocycles. The van der Waals surface area contributed by atoms with E-state index in [1.165, 1.54) is 30.4 Å². The summed E-state index contributed by atoms with van der Waals surface area (Å²) in [5.41, 5.74) is 3.37. The summed E-state index contributed by atoms with van der Waals surface area (Å²) in [6.07, 6.45) is 5.88. The van der Waals surface area contributed by atoms with Crippen LogP contribution in [0.4, 0.5) is 5.69 Å². The van der Waals surface area contributed by atoms with Gasteiger partial charge in [-0.1, -0.05) is 19.8 Å². The second-order valence-corrected chi connectivity index (χ2v) is 6.58. The molecule has 0 spiro atoms. The van der Waals surface area contributed by atoms with Gasteiger partial charge in [0.1, 0.15) is 5.75 Å². The van der Waals surface area contributed by atoms with Crippen molar-refractivity contribution in [3.63, 3.8) is 0 Å². The van der Waals surface area contributed by atoms with Gasteiger partial charge in [0.15, 0.2) is 0 Å². The third kappa shape index (κ3) is 4.49. The lowest BCUT2D eigenvalue weighted by molar-refractivity contribution is 0.288. The summed E-state index contributed by atoms with van der Waals surface area (Å²) >= 11 is 0. The Morgan fingerprint density at radius 1 is 1.23 bits per heavy atom. The first-order chi connectivity index (χ1) is 10.5. The van der Waals surface area contributed by atoms with Crippen molar-refractivity contribution in [1.29, 1.82) is 0 Å². The highest BCUT2D eigenvalue weighted by Crippen LogP contribution is 2.42. The van der Waals surface area contributed by atoms with E-state index in [1.807, 2.05) is 13.4 Å². The van der Waals surface area contributed by atoms with E-state index in [1.54, 1.807) is 0 Å². The van der Waals surface area contributed by atoms with Gasteiger partial charge in [0.2, 0.25) is 0 Å². The summed E-state index contributed by atoms with van der Waals surface area (Å²) in [5, 5.41) is 0. The molecule has 3 nitrogen and oxygen atoms in total. The average Bonchev–Trinajstić information content (AvgIpc) is 3.24. The van der Waals surface area contributed by atoms with Crippen LogP contribution in [0, 0.1) is 25.7 Å². The van der Waals surface area contributed by atoms with Gasteiger partial charge in [-0.25, -0.2) is 4.99 Å². The summed E-state index contributed by atoms with van der Waals surface area (Å²) in [7, 11) is 2.03. The van der Waals surface area contributed by atoms with Crippen molar-refractivity contribution in [3.05, 3.63) is 23.3 Å². The molecule has 0 aliphatic heterocycles. The van der Waals surface area contributed by atoms with Crippen molar-refractivity contribution >= 4 is 12.0 Å². The Labute approximate surface area is 135 Å². The number of nitrogens with zero attached hydrogens (tertiary/aromatic N) is 2. The van der Waals surface area contributed by atoms with Crippen LogP contribution in [0.3, 0.4) is 0 Å². The van der Waals surface area contributed by atoms with E-state index >= 15 is 0 Å². The van der Waals surface area contributed by atoms with Crippen LogP contribution < -0.4 is 4.74 Å². The lowest BCUT2D eigenvalue weighted by Gasteiger charge is -2.13. The lowest BCUT2D eigenvalue weighted by Crippen LogP contribution is -2.14. The Balaban J connectivity index is 1.96. The zero-order chi connectivity index (χ0) is 16.1. The summed E-state index contributed by atoms with van der Waals surface area (Å²) < 4.78 is 6.06. The fraction of sp³-hybridized carbons (Fsp3) is 0.632. The van der Waals surface area contributed by atoms with Crippen LogP contribution in [0.1, 0.15) is 44.2 Å². The molecule has 2 atom stereocenters. The highest BCUT2D eigenvalue weighted by atomic mass is 16.5. The minimum atomic E-state index is 0.774. The van der Waals surface area contributed by atoms with Crippen molar-refractivity contribution in [1.82, 2.24) is 4.90 Å². The fourth-order valence-corrected chi connectivity index (χ4v) is 2.75. The normalized spacial score (nSPS) is 20.4. The van der Waals surface area contributed by atoms with Gasteiger partial charge in [-0.2, -0.15) is 0 Å². The van der Waals surface area contributed by atoms with Crippen LogP contribution in [-0.2, 0) is 0 Å². The molecule has 0 saturated heterocycles. The maximum absolute atomic E-state index is 6.06. The first kappa shape index (κ1) is 16.9. The van der Waals surface area contributed by atoms with E-state index in [0.717, 1.165) is 36.4 Å². The molecule has 3 heteroatoms. The molecule has 0 radical (unpaired) electrons. The molecule has 22 heavy (non-hydrogen) atoms. The van der Waals surface area contributed by atoms with E-state index in [-0.39, 0.29) is 0 Å². The second-order valence-electron chi connectivity index (χ2n) is 6.58. The largest absolute Gasteiger partial charge is 0.493 e. The predicted octanol–water partition coefficient (Wildman–Crippen LogP) is 4.73. The lowest BCUT2D eigenvalue weighted by atomic mass is 10.1. The Hall–Kier alpha value is -1.51. The van der Waals surface area contributed by atoms with Gasteiger partial charge >= 0.3 is 0 Å². The number of benzene rings is 1. The van der Waals surface area contributed by atoms with Crippen LogP contribution >= 0.6 is 0 Å². The summed E-state index contributed by atoms with van der Waals surface area (Å²) in [6.45, 7) is 10.4. The molecular weight excluding hydrogens is 272 g/mol. The van der Waals surface area contributed by atoms with Crippen LogP contribution in [-0.4, -0.2) is 31.4 Å². The molecular formula is C19H30N2O. The molecule has 1 aliphatic rings. The van der Waals surface area contributed by atoms with E-state index in [0.29, 0.717) is 0 Å². The SMILES string of the molecule is CCCC1CC1COc1cc(C)c(/N=C/N(C)CC)cc1C. The number of aliphatic imine (C=N–C) groups is 1. The van der Waals surface area contributed by atoms with Crippen molar-refractivity contribution in [2.24, 2.45) is 16.8 Å². The molecule has 0 N–H and O–H groups in total. The average molecular weight is 302 g/mol. The number of aryl methyl sites for hydroxylation is 2. The number of hydrogen-bond donors (Lipinski definition) is 0. The molecule has 1 fully saturated rings. The highest BCUT2D eigenvalue weighted by Gasteiger charge is 2.36. The van der Waals surface area contributed by atoms with Gasteiger partial charge in [0.25, 0.3) is 0 Å². The first-order valence-corrected chi connectivity index (χ1v) is 8.53. The maximum Gasteiger partial charge on any atom is 0.122 e. The van der Waals surface area contributed by atoms with Crippen molar-refractivity contribution in [3.8, 4) is 5.75 Å². The Morgan fingerprint density at radius 3 is 2.68 bits per heavy atom. The topological polar surface area (TPSA) is 24.8 Å². The van der Waals surface area contributed by atoms with Crippen molar-refractivity contribution in [2.75, 3.05) is 20.2 Å². The second kappa shape index (κ2) is 7.66. The molecule has 2 rings (SSSR count). The van der Waals surface area contributed by atoms with Crippen LogP contribution in [0.15, 0.2) is 17.1 Å². The molecule has 0 heterocycles. The maximum atomic E-state index is 6.06. The molecule has 122 valence electrons. The summed E-state index contributed by atoms with van der Waals surface area (Å²) in [4.78, 5) is 6.64. The minimum absolute atomic E-state index is 0.774. The molecule has 0 bridgehead atoms. The number of hydrogen-bond acceptors (Lipinski definition) is 2. The zero-order valence-electron chi connectivity index (χ0n) is 14.7. The van der Waals surface area contributed by atoms with Crippen molar-refractivity contribution in [2.45, 2.75) is 47.0 Å². The quantitative estimate of drug-likeness (QED) is 0.512. The number of ether oxygens (including phenoxy) is 1. The summed E-state index contributed by atoms with van der Waals surface area (Å²) in [5.74, 6) is 2.69. The molecule has 1 saturated carbocycles. The molecule has 1 aromatic carbocycles. The molecule has 0 aromatic heterocycles. The smallest absolute Gasteiger partial charge is 0.122 e. The van der Waals surface area contributed by atoms with Gasteiger partial charge in [-0.05, 0) is 62.3 Å². The van der Waals surface area contributed by atoms with Crippen LogP contribution in [0.2, 0.25) is 0 Å². The molecule has 0 amide bonds. The van der Waals surface area contributed by atoms with E-state index in [2.05, 4.69) is 49.7 Å². The van der Waals surface area contributed by atoms with Crippen molar-refractivity contribution < 1.29 is 4.74 Å². The minimum Gasteiger partial charge on any atom is -0.493 e. The van der Waals surface area contributed by atoms with E-state index < -0.39 is 0 Å². The fourth-order valence-electron chi connectivity index (χ4n) is 2.75. The van der Waals surface area contributed by atoms with Gasteiger partial charge in [-0.3, -0.25) is 0 Å². The van der Waals surface area contributed by atoms with E-state index in [4.69, 9.17) is 4.74 Å². The van der Waals surface area contributed by atoms with Gasteiger partial charge in [0, 0.05) is 13.6 Å². The van der Waals surface area contributed by atoms with Crippen LogP contribution in [0.25, 0.3) is 0 Å². The third-order valence-electron chi connectivity index (χ3n) is 4.57.